The number of thiazole rings is 1. The number of amides is 1. The second kappa shape index (κ2) is 5.98. The van der Waals surface area contributed by atoms with Crippen LogP contribution in [0.25, 0.3) is 0 Å². The van der Waals surface area contributed by atoms with Gasteiger partial charge in [-0.1, -0.05) is 0 Å². The first-order valence-corrected chi connectivity index (χ1v) is 7.45. The molecule has 1 amide bonds. The number of nitrogens with two attached hydrogens (primary N) is 1. The fourth-order valence-corrected chi connectivity index (χ4v) is 3.14. The van der Waals surface area contributed by atoms with E-state index < -0.39 is 0 Å². The molecule has 2 heterocycles. The maximum absolute atomic E-state index is 12.4. The zero-order valence-electron chi connectivity index (χ0n) is 11.5. The van der Waals surface area contributed by atoms with E-state index in [-0.39, 0.29) is 11.5 Å². The molecule has 0 radical (unpaired) electrons. The predicted octanol–water partition coefficient (Wildman–Crippen LogP) is 1.29. The second-order valence-electron chi connectivity index (χ2n) is 5.15. The summed E-state index contributed by atoms with van der Waals surface area (Å²) in [5.41, 5.74) is 5.80. The summed E-state index contributed by atoms with van der Waals surface area (Å²) < 4.78 is 5.51. The molecule has 0 aromatic carbocycles. The number of piperidine rings is 1. The van der Waals surface area contributed by atoms with Crippen LogP contribution in [-0.4, -0.2) is 48.1 Å². The topological polar surface area (TPSA) is 68.5 Å². The molecule has 1 aromatic heterocycles. The fourth-order valence-electron chi connectivity index (χ4n) is 2.36. The number of nitrogens with zero attached hydrogens (tertiary/aromatic N) is 2. The largest absolute Gasteiger partial charge is 0.377 e. The number of hydrogen-bond acceptors (Lipinski definition) is 5. The van der Waals surface area contributed by atoms with Crippen LogP contribution in [0.3, 0.4) is 0 Å². The van der Waals surface area contributed by atoms with Crippen LogP contribution in [0.15, 0.2) is 5.38 Å². The van der Waals surface area contributed by atoms with Crippen molar-refractivity contribution in [1.29, 1.82) is 0 Å². The molecule has 2 N–H and O–H groups in total. The van der Waals surface area contributed by atoms with E-state index in [0.717, 1.165) is 30.8 Å². The zero-order valence-corrected chi connectivity index (χ0v) is 12.3. The Kier molecular flexibility index (Phi) is 4.54. The average molecular weight is 283 g/mol. The number of carbonyl (C=O) groups excluding carboxylic acids is 1. The van der Waals surface area contributed by atoms with Crippen LogP contribution in [0.4, 0.5) is 0 Å². The molecule has 2 rings (SSSR count). The lowest BCUT2D eigenvalue weighted by Gasteiger charge is -2.39. The number of aromatic nitrogens is 1. The smallest absolute Gasteiger partial charge is 0.273 e. The highest BCUT2D eigenvalue weighted by atomic mass is 32.1. The quantitative estimate of drug-likeness (QED) is 0.904. The Labute approximate surface area is 117 Å². The van der Waals surface area contributed by atoms with Gasteiger partial charge in [-0.15, -0.1) is 11.3 Å². The molecule has 1 fully saturated rings. The third-order valence-corrected chi connectivity index (χ3v) is 4.48. The molecule has 106 valence electrons. The third-order valence-electron chi connectivity index (χ3n) is 3.57. The van der Waals surface area contributed by atoms with E-state index in [4.69, 9.17) is 10.5 Å². The summed E-state index contributed by atoms with van der Waals surface area (Å²) in [4.78, 5) is 18.6. The first-order valence-electron chi connectivity index (χ1n) is 6.57. The Morgan fingerprint density at radius 1 is 1.68 bits per heavy atom. The number of methoxy groups -OCH3 is 1. The van der Waals surface area contributed by atoms with Crippen LogP contribution in [0, 0.1) is 0 Å². The van der Waals surface area contributed by atoms with Crippen LogP contribution < -0.4 is 5.73 Å². The SMILES string of the molecule is COC1(C)CCCN(C(=O)c2csc(CCN)n2)C1. The van der Waals surface area contributed by atoms with Crippen LogP contribution in [0.2, 0.25) is 0 Å². The summed E-state index contributed by atoms with van der Waals surface area (Å²) >= 11 is 1.50. The van der Waals surface area contributed by atoms with Crippen LogP contribution in [-0.2, 0) is 11.2 Å². The molecule has 1 aliphatic rings. The van der Waals surface area contributed by atoms with Crippen molar-refractivity contribution in [2.45, 2.75) is 31.8 Å². The Balaban J connectivity index is 2.06. The van der Waals surface area contributed by atoms with Gasteiger partial charge >= 0.3 is 0 Å². The minimum atomic E-state index is -0.232. The van der Waals surface area contributed by atoms with E-state index in [1.807, 2.05) is 17.2 Å². The van der Waals surface area contributed by atoms with Gasteiger partial charge in [0.25, 0.3) is 5.91 Å². The third kappa shape index (κ3) is 3.32. The number of likely N-dealkylation sites (tertiary alicyclic amines) is 1. The van der Waals surface area contributed by atoms with Crippen molar-refractivity contribution in [1.82, 2.24) is 9.88 Å². The molecule has 1 unspecified atom stereocenters. The molecule has 5 nitrogen and oxygen atoms in total. The number of carbonyl (C=O) groups is 1. The zero-order chi connectivity index (χ0) is 13.9. The Hall–Kier alpha value is -0.980. The highest BCUT2D eigenvalue weighted by Gasteiger charge is 2.33. The minimum absolute atomic E-state index is 0.00231. The summed E-state index contributed by atoms with van der Waals surface area (Å²) in [5, 5.41) is 2.75. The van der Waals surface area contributed by atoms with Crippen molar-refractivity contribution in [3.63, 3.8) is 0 Å². The number of hydrogen-bond donors (Lipinski definition) is 1. The van der Waals surface area contributed by atoms with Gasteiger partial charge in [-0.2, -0.15) is 0 Å². The lowest BCUT2D eigenvalue weighted by Crippen LogP contribution is -2.49. The molecule has 19 heavy (non-hydrogen) atoms. The van der Waals surface area contributed by atoms with Crippen molar-refractivity contribution >= 4 is 17.2 Å². The summed E-state index contributed by atoms with van der Waals surface area (Å²) in [5.74, 6) is 0.00231. The van der Waals surface area contributed by atoms with Gasteiger partial charge in [0.2, 0.25) is 0 Å². The van der Waals surface area contributed by atoms with Crippen LogP contribution >= 0.6 is 11.3 Å². The second-order valence-corrected chi connectivity index (χ2v) is 6.09. The molecule has 0 spiro atoms. The monoisotopic (exact) mass is 283 g/mol. The van der Waals surface area contributed by atoms with Gasteiger partial charge in [0.05, 0.1) is 10.6 Å². The number of ether oxygens (including phenoxy) is 1. The van der Waals surface area contributed by atoms with Crippen molar-refractivity contribution in [3.05, 3.63) is 16.1 Å². The van der Waals surface area contributed by atoms with Gasteiger partial charge < -0.3 is 15.4 Å². The maximum atomic E-state index is 12.4. The summed E-state index contributed by atoms with van der Waals surface area (Å²) in [6.45, 7) is 4.02. The molecule has 0 aliphatic carbocycles. The van der Waals surface area contributed by atoms with Gasteiger partial charge in [-0.05, 0) is 26.3 Å². The Bertz CT molecular complexity index is 449. The standard InChI is InChI=1S/C13H21N3O2S/c1-13(18-2)5-3-7-16(9-13)12(17)10-8-19-11(15-10)4-6-14/h8H,3-7,9,14H2,1-2H3. The molecule has 0 bridgehead atoms. The van der Waals surface area contributed by atoms with E-state index in [9.17, 15) is 4.79 Å². The van der Waals surface area contributed by atoms with Gasteiger partial charge in [-0.25, -0.2) is 4.98 Å². The molecule has 1 aliphatic heterocycles. The van der Waals surface area contributed by atoms with E-state index in [1.54, 1.807) is 7.11 Å². The highest BCUT2D eigenvalue weighted by molar-refractivity contribution is 7.09. The Morgan fingerprint density at radius 3 is 3.16 bits per heavy atom. The first kappa shape index (κ1) is 14.4. The minimum Gasteiger partial charge on any atom is -0.377 e. The van der Waals surface area contributed by atoms with Crippen molar-refractivity contribution in [3.8, 4) is 0 Å². The van der Waals surface area contributed by atoms with E-state index >= 15 is 0 Å². The van der Waals surface area contributed by atoms with Gasteiger partial charge in [0.15, 0.2) is 0 Å². The lowest BCUT2D eigenvalue weighted by molar-refractivity contribution is -0.0441. The predicted molar refractivity (Wildman–Crippen MR) is 75.4 cm³/mol. The average Bonchev–Trinajstić information content (AvgIpc) is 2.87. The number of rotatable bonds is 4. The van der Waals surface area contributed by atoms with E-state index in [1.165, 1.54) is 11.3 Å². The normalized spacial score (nSPS) is 23.6. The van der Waals surface area contributed by atoms with Gasteiger partial charge in [0.1, 0.15) is 5.69 Å². The molecular formula is C13H21N3O2S. The first-order chi connectivity index (χ1) is 9.08. The maximum Gasteiger partial charge on any atom is 0.273 e. The summed E-state index contributed by atoms with van der Waals surface area (Å²) in [7, 11) is 1.70. The van der Waals surface area contributed by atoms with Gasteiger partial charge in [0, 0.05) is 32.0 Å². The van der Waals surface area contributed by atoms with Crippen molar-refractivity contribution in [2.24, 2.45) is 5.73 Å². The van der Waals surface area contributed by atoms with E-state index in [2.05, 4.69) is 4.98 Å². The van der Waals surface area contributed by atoms with Crippen molar-refractivity contribution < 1.29 is 9.53 Å². The Morgan fingerprint density at radius 2 is 2.47 bits per heavy atom. The molecule has 1 aromatic rings. The molecule has 0 saturated carbocycles. The fraction of sp³-hybridized carbons (Fsp3) is 0.692. The van der Waals surface area contributed by atoms with Crippen molar-refractivity contribution in [2.75, 3.05) is 26.7 Å². The molecular weight excluding hydrogens is 262 g/mol. The lowest BCUT2D eigenvalue weighted by atomic mass is 9.94. The van der Waals surface area contributed by atoms with E-state index in [0.29, 0.717) is 18.8 Å². The van der Waals surface area contributed by atoms with Gasteiger partial charge in [-0.3, -0.25) is 4.79 Å². The highest BCUT2D eigenvalue weighted by Crippen LogP contribution is 2.25. The van der Waals surface area contributed by atoms with Crippen LogP contribution in [0.1, 0.15) is 35.3 Å². The summed E-state index contributed by atoms with van der Waals surface area (Å²) in [6.07, 6.45) is 2.69. The molecule has 1 atom stereocenters. The van der Waals surface area contributed by atoms with Crippen LogP contribution in [0.5, 0.6) is 0 Å². The summed E-state index contributed by atoms with van der Waals surface area (Å²) in [6, 6.07) is 0. The molecule has 1 saturated heterocycles. The molecule has 6 heteroatoms.